The maximum atomic E-state index is 12.5. The van der Waals surface area contributed by atoms with Gasteiger partial charge in [-0.15, -0.1) is 12.4 Å². The van der Waals surface area contributed by atoms with Crippen LogP contribution in [0.5, 0.6) is 0 Å². The lowest BCUT2D eigenvalue weighted by Crippen LogP contribution is -2.42. The monoisotopic (exact) mass is 316 g/mol. The van der Waals surface area contributed by atoms with Crippen molar-refractivity contribution >= 4 is 29.9 Å². The van der Waals surface area contributed by atoms with E-state index in [0.29, 0.717) is 16.5 Å². The molecule has 20 heavy (non-hydrogen) atoms. The smallest absolute Gasteiger partial charge is 0.255 e. The van der Waals surface area contributed by atoms with Crippen LogP contribution in [0.3, 0.4) is 0 Å². The van der Waals surface area contributed by atoms with E-state index < -0.39 is 0 Å². The van der Waals surface area contributed by atoms with Crippen molar-refractivity contribution in [2.75, 3.05) is 26.7 Å². The third kappa shape index (κ3) is 3.87. The minimum atomic E-state index is 0. The number of carbonyl (C=O) groups excluding carboxylic acids is 1. The summed E-state index contributed by atoms with van der Waals surface area (Å²) >= 11 is 6.25. The van der Waals surface area contributed by atoms with Crippen LogP contribution in [0.25, 0.3) is 0 Å². The van der Waals surface area contributed by atoms with Gasteiger partial charge in [0.1, 0.15) is 0 Å². The SMILES string of the molecule is CNCC1CCCN(C(=O)c2cccc(C)c2Cl)C1.Cl. The van der Waals surface area contributed by atoms with Gasteiger partial charge in [-0.1, -0.05) is 23.7 Å². The standard InChI is InChI=1S/C15H21ClN2O.ClH/c1-11-5-3-7-13(14(11)16)15(19)18-8-4-6-12(10-18)9-17-2;/h3,5,7,12,17H,4,6,8-10H2,1-2H3;1H. The number of rotatable bonds is 3. The highest BCUT2D eigenvalue weighted by Gasteiger charge is 2.25. The number of hydrogen-bond donors (Lipinski definition) is 1. The Bertz CT molecular complexity index is 463. The van der Waals surface area contributed by atoms with Gasteiger partial charge in [0.25, 0.3) is 5.91 Å². The highest BCUT2D eigenvalue weighted by atomic mass is 35.5. The molecule has 0 saturated carbocycles. The summed E-state index contributed by atoms with van der Waals surface area (Å²) in [4.78, 5) is 14.5. The fraction of sp³-hybridized carbons (Fsp3) is 0.533. The predicted molar refractivity (Wildman–Crippen MR) is 86.0 cm³/mol. The van der Waals surface area contributed by atoms with Crippen molar-refractivity contribution in [3.8, 4) is 0 Å². The summed E-state index contributed by atoms with van der Waals surface area (Å²) in [7, 11) is 1.96. The number of carbonyl (C=O) groups is 1. The molecule has 0 aromatic heterocycles. The summed E-state index contributed by atoms with van der Waals surface area (Å²) in [6.07, 6.45) is 2.26. The molecule has 2 rings (SSSR count). The summed E-state index contributed by atoms with van der Waals surface area (Å²) in [5.74, 6) is 0.612. The molecule has 5 heteroatoms. The lowest BCUT2D eigenvalue weighted by atomic mass is 9.97. The molecule has 0 radical (unpaired) electrons. The Labute approximate surface area is 132 Å². The molecule has 1 aromatic rings. The number of amides is 1. The van der Waals surface area contributed by atoms with Crippen LogP contribution < -0.4 is 5.32 Å². The zero-order valence-corrected chi connectivity index (χ0v) is 13.6. The van der Waals surface area contributed by atoms with E-state index in [1.165, 1.54) is 6.42 Å². The Balaban J connectivity index is 0.00000200. The molecule has 1 N–H and O–H groups in total. The van der Waals surface area contributed by atoms with Gasteiger partial charge in [0, 0.05) is 13.1 Å². The molecule has 1 saturated heterocycles. The van der Waals surface area contributed by atoms with E-state index in [0.717, 1.165) is 31.6 Å². The van der Waals surface area contributed by atoms with Gasteiger partial charge >= 0.3 is 0 Å². The summed E-state index contributed by atoms with van der Waals surface area (Å²) < 4.78 is 0. The molecule has 112 valence electrons. The number of likely N-dealkylation sites (tertiary alicyclic amines) is 1. The van der Waals surface area contributed by atoms with Crippen LogP contribution in [0.1, 0.15) is 28.8 Å². The van der Waals surface area contributed by atoms with E-state index in [-0.39, 0.29) is 18.3 Å². The Morgan fingerprint density at radius 3 is 2.95 bits per heavy atom. The van der Waals surface area contributed by atoms with Gasteiger partial charge in [-0.05, 0) is 50.9 Å². The number of aryl methyl sites for hydroxylation is 1. The topological polar surface area (TPSA) is 32.3 Å². The zero-order valence-electron chi connectivity index (χ0n) is 12.0. The molecule has 1 fully saturated rings. The summed E-state index contributed by atoms with van der Waals surface area (Å²) in [6, 6.07) is 5.64. The van der Waals surface area contributed by atoms with Crippen molar-refractivity contribution in [2.24, 2.45) is 5.92 Å². The van der Waals surface area contributed by atoms with Gasteiger partial charge in [0.15, 0.2) is 0 Å². The van der Waals surface area contributed by atoms with Gasteiger partial charge in [-0.25, -0.2) is 0 Å². The van der Waals surface area contributed by atoms with Crippen LogP contribution in [-0.4, -0.2) is 37.5 Å². The van der Waals surface area contributed by atoms with E-state index in [1.807, 2.05) is 37.1 Å². The molecule has 0 bridgehead atoms. The van der Waals surface area contributed by atoms with Crippen LogP contribution in [-0.2, 0) is 0 Å². The summed E-state index contributed by atoms with van der Waals surface area (Å²) in [6.45, 7) is 4.55. The molecular formula is C15H22Cl2N2O. The molecule has 1 unspecified atom stereocenters. The number of benzene rings is 1. The van der Waals surface area contributed by atoms with Gasteiger partial charge in [-0.2, -0.15) is 0 Å². The average Bonchev–Trinajstić information content (AvgIpc) is 2.42. The normalized spacial score (nSPS) is 18.6. The van der Waals surface area contributed by atoms with Crippen molar-refractivity contribution in [3.63, 3.8) is 0 Å². The second kappa shape index (κ2) is 7.87. The Kier molecular flexibility index (Phi) is 6.80. The van der Waals surface area contributed by atoms with Gasteiger partial charge in [-0.3, -0.25) is 4.79 Å². The maximum absolute atomic E-state index is 12.5. The molecule has 1 atom stereocenters. The van der Waals surface area contributed by atoms with Crippen LogP contribution in [0.4, 0.5) is 0 Å². The second-order valence-corrected chi connectivity index (χ2v) is 5.63. The molecule has 3 nitrogen and oxygen atoms in total. The third-order valence-corrected chi connectivity index (χ3v) is 4.22. The first kappa shape index (κ1) is 17.3. The van der Waals surface area contributed by atoms with Gasteiger partial charge in [0.05, 0.1) is 10.6 Å². The maximum Gasteiger partial charge on any atom is 0.255 e. The third-order valence-electron chi connectivity index (χ3n) is 3.72. The minimum absolute atomic E-state index is 0. The summed E-state index contributed by atoms with van der Waals surface area (Å²) in [5.41, 5.74) is 1.59. The molecule has 1 heterocycles. The number of hydrogen-bond acceptors (Lipinski definition) is 2. The van der Waals surface area contributed by atoms with Crippen molar-refractivity contribution in [1.29, 1.82) is 0 Å². The average molecular weight is 317 g/mol. The fourth-order valence-corrected chi connectivity index (χ4v) is 2.89. The zero-order chi connectivity index (χ0) is 13.8. The summed E-state index contributed by atoms with van der Waals surface area (Å²) in [5, 5.41) is 3.78. The van der Waals surface area contributed by atoms with Gasteiger partial charge < -0.3 is 10.2 Å². The minimum Gasteiger partial charge on any atom is -0.338 e. The number of nitrogens with one attached hydrogen (secondary N) is 1. The molecular weight excluding hydrogens is 295 g/mol. The molecule has 1 amide bonds. The molecule has 1 aromatic carbocycles. The number of piperidine rings is 1. The predicted octanol–water partition coefficient (Wildman–Crippen LogP) is 3.14. The lowest BCUT2D eigenvalue weighted by molar-refractivity contribution is 0.0674. The van der Waals surface area contributed by atoms with E-state index in [2.05, 4.69) is 5.32 Å². The highest BCUT2D eigenvalue weighted by Crippen LogP contribution is 2.24. The molecule has 0 aliphatic carbocycles. The number of halogens is 2. The lowest BCUT2D eigenvalue weighted by Gasteiger charge is -2.33. The second-order valence-electron chi connectivity index (χ2n) is 5.25. The first-order valence-electron chi connectivity index (χ1n) is 6.82. The Hall–Kier alpha value is -0.770. The molecule has 1 aliphatic rings. The van der Waals surface area contributed by atoms with Crippen LogP contribution in [0.15, 0.2) is 18.2 Å². The first-order chi connectivity index (χ1) is 9.13. The molecule has 0 spiro atoms. The van der Waals surface area contributed by atoms with E-state index in [1.54, 1.807) is 0 Å². The van der Waals surface area contributed by atoms with E-state index in [4.69, 9.17) is 11.6 Å². The van der Waals surface area contributed by atoms with E-state index >= 15 is 0 Å². The van der Waals surface area contributed by atoms with Crippen molar-refractivity contribution in [2.45, 2.75) is 19.8 Å². The van der Waals surface area contributed by atoms with Crippen LogP contribution >= 0.6 is 24.0 Å². The van der Waals surface area contributed by atoms with Gasteiger partial charge in [0.2, 0.25) is 0 Å². The fourth-order valence-electron chi connectivity index (χ4n) is 2.69. The van der Waals surface area contributed by atoms with Crippen LogP contribution in [0, 0.1) is 12.8 Å². The Morgan fingerprint density at radius 2 is 2.25 bits per heavy atom. The first-order valence-corrected chi connectivity index (χ1v) is 7.20. The van der Waals surface area contributed by atoms with Crippen molar-refractivity contribution in [3.05, 3.63) is 34.3 Å². The van der Waals surface area contributed by atoms with Crippen molar-refractivity contribution < 1.29 is 4.79 Å². The number of nitrogens with zero attached hydrogens (tertiary/aromatic N) is 1. The molecule has 1 aliphatic heterocycles. The largest absolute Gasteiger partial charge is 0.338 e. The Morgan fingerprint density at radius 1 is 1.50 bits per heavy atom. The van der Waals surface area contributed by atoms with E-state index in [9.17, 15) is 4.79 Å². The van der Waals surface area contributed by atoms with Crippen LogP contribution in [0.2, 0.25) is 5.02 Å². The van der Waals surface area contributed by atoms with Crippen molar-refractivity contribution in [1.82, 2.24) is 10.2 Å². The highest BCUT2D eigenvalue weighted by molar-refractivity contribution is 6.34. The quantitative estimate of drug-likeness (QED) is 0.929.